The Balaban J connectivity index is 3.89. The molecule has 0 fully saturated rings. The van der Waals surface area contributed by atoms with Crippen molar-refractivity contribution in [1.29, 1.82) is 0 Å². The van der Waals surface area contributed by atoms with E-state index < -0.39 is 26.5 Å². The highest BCUT2D eigenvalue weighted by molar-refractivity contribution is 7.45. The normalized spacial score (nSPS) is 13.4. The van der Waals surface area contributed by atoms with Crippen molar-refractivity contribution in [3.05, 3.63) is 60.8 Å². The standard InChI is InChI=1S/C78H146NO8P/c1-6-8-10-12-14-16-18-20-22-24-26-28-30-31-32-33-34-35-36-37-38-39-40-41-42-43-44-45-46-47-49-51-53-55-57-59-61-63-65-67-69-71-78(81)87-76(75-86-88(82,83)85-73-72-79(3,4)5)74-84-77(80)70-68-66-64-62-60-58-56-54-52-50-48-29-27-25-23-21-19-17-15-13-11-9-7-2/h8,10,14,16,20,22,25-28,76H,6-7,9,11-13,15,17-19,21,23-24,29-75H2,1-5H3/b10-8-,16-14-,22-20-,27-25-,28-26-. The van der Waals surface area contributed by atoms with Crippen LogP contribution in [0.2, 0.25) is 0 Å². The maximum absolute atomic E-state index is 12.9. The number of phosphoric acid groups is 1. The molecular weight excluding hydrogens is 1110 g/mol. The Hall–Kier alpha value is -2.29. The van der Waals surface area contributed by atoms with Gasteiger partial charge in [-0.25, -0.2) is 0 Å². The predicted molar refractivity (Wildman–Crippen MR) is 379 cm³/mol. The highest BCUT2D eigenvalue weighted by atomic mass is 31.2. The van der Waals surface area contributed by atoms with Gasteiger partial charge in [0.05, 0.1) is 27.7 Å². The van der Waals surface area contributed by atoms with Gasteiger partial charge in [-0.05, 0) is 77.0 Å². The summed E-state index contributed by atoms with van der Waals surface area (Å²) < 4.78 is 34.4. The third-order valence-corrected chi connectivity index (χ3v) is 18.0. The summed E-state index contributed by atoms with van der Waals surface area (Å²) in [6.45, 7) is 4.19. The first kappa shape index (κ1) is 85.7. The molecule has 0 radical (unpaired) electrons. The Bertz CT molecular complexity index is 1670. The lowest BCUT2D eigenvalue weighted by molar-refractivity contribution is -0.870. The monoisotopic (exact) mass is 1260 g/mol. The smallest absolute Gasteiger partial charge is 0.306 e. The number of esters is 2. The quantitative estimate of drug-likeness (QED) is 0.0195. The molecule has 9 nitrogen and oxygen atoms in total. The first-order valence-corrected chi connectivity index (χ1v) is 39.5. The molecule has 88 heavy (non-hydrogen) atoms. The van der Waals surface area contributed by atoms with Crippen LogP contribution < -0.4 is 4.89 Å². The summed E-state index contributed by atoms with van der Waals surface area (Å²) >= 11 is 0. The Labute approximate surface area is 546 Å². The number of ether oxygens (including phenoxy) is 2. The van der Waals surface area contributed by atoms with Gasteiger partial charge in [0, 0.05) is 12.8 Å². The topological polar surface area (TPSA) is 111 Å². The van der Waals surface area contributed by atoms with Crippen molar-refractivity contribution < 1.29 is 42.1 Å². The lowest BCUT2D eigenvalue weighted by atomic mass is 10.0. The zero-order valence-electron chi connectivity index (χ0n) is 58.9. The van der Waals surface area contributed by atoms with Crippen LogP contribution in [0.15, 0.2) is 60.8 Å². The van der Waals surface area contributed by atoms with Crippen LogP contribution in [0.3, 0.4) is 0 Å². The average Bonchev–Trinajstić information content (AvgIpc) is 3.58. The molecule has 2 unspecified atom stereocenters. The SMILES string of the molecule is CC/C=C\C/C=C\C/C=C\C/C=C\CCCCCCCCCCCCCCCCCCCCCCCCCCCCCCC(=O)OC(COC(=O)CCCCCCCCCCCCC/C=C\CCCCCCCCCC)COP(=O)([O-])OCC[N+](C)(C)C. The van der Waals surface area contributed by atoms with E-state index in [0.717, 1.165) is 57.8 Å². The van der Waals surface area contributed by atoms with Crippen molar-refractivity contribution in [3.8, 4) is 0 Å². The Morgan fingerprint density at radius 1 is 0.364 bits per heavy atom. The summed E-state index contributed by atoms with van der Waals surface area (Å²) in [5.74, 6) is -0.814. The van der Waals surface area contributed by atoms with Gasteiger partial charge in [0.1, 0.15) is 19.8 Å². The van der Waals surface area contributed by atoms with Crippen molar-refractivity contribution >= 4 is 19.8 Å². The summed E-state index contributed by atoms with van der Waals surface area (Å²) in [6, 6.07) is 0. The molecule has 0 saturated heterocycles. The van der Waals surface area contributed by atoms with Crippen molar-refractivity contribution in [1.82, 2.24) is 0 Å². The molecule has 0 aliphatic heterocycles. The van der Waals surface area contributed by atoms with Crippen LogP contribution in [0.1, 0.15) is 373 Å². The number of nitrogens with zero attached hydrogens (tertiary/aromatic N) is 1. The zero-order chi connectivity index (χ0) is 64.1. The van der Waals surface area contributed by atoms with E-state index in [-0.39, 0.29) is 32.0 Å². The van der Waals surface area contributed by atoms with Gasteiger partial charge in [0.15, 0.2) is 6.10 Å². The second-order valence-corrected chi connectivity index (χ2v) is 28.4. The fourth-order valence-electron chi connectivity index (χ4n) is 11.2. The summed E-state index contributed by atoms with van der Waals surface area (Å²) in [4.78, 5) is 38.1. The molecule has 0 aliphatic rings. The molecular formula is C78H146NO8P. The number of carbonyl (C=O) groups excluding carboxylic acids is 2. The minimum Gasteiger partial charge on any atom is -0.756 e. The lowest BCUT2D eigenvalue weighted by Crippen LogP contribution is -2.37. The van der Waals surface area contributed by atoms with Crippen molar-refractivity contribution in [2.24, 2.45) is 0 Å². The number of phosphoric ester groups is 1. The molecule has 0 aliphatic carbocycles. The van der Waals surface area contributed by atoms with Crippen LogP contribution in [0.25, 0.3) is 0 Å². The second-order valence-electron chi connectivity index (χ2n) is 27.0. The molecule has 0 amide bonds. The van der Waals surface area contributed by atoms with E-state index in [1.54, 1.807) is 0 Å². The van der Waals surface area contributed by atoms with Gasteiger partial charge in [-0.3, -0.25) is 14.2 Å². The van der Waals surface area contributed by atoms with E-state index >= 15 is 0 Å². The number of carbonyl (C=O) groups is 2. The third kappa shape index (κ3) is 72.8. The van der Waals surface area contributed by atoms with Gasteiger partial charge < -0.3 is 27.9 Å². The molecule has 0 aromatic heterocycles. The highest BCUT2D eigenvalue weighted by Crippen LogP contribution is 2.38. The Kier molecular flexibility index (Phi) is 67.3. The maximum atomic E-state index is 12.9. The number of allylic oxidation sites excluding steroid dienone is 10. The van der Waals surface area contributed by atoms with E-state index in [1.165, 1.54) is 283 Å². The first-order chi connectivity index (χ1) is 43.0. The van der Waals surface area contributed by atoms with Crippen molar-refractivity contribution in [2.45, 2.75) is 380 Å². The highest BCUT2D eigenvalue weighted by Gasteiger charge is 2.22. The van der Waals surface area contributed by atoms with E-state index in [4.69, 9.17) is 18.5 Å². The van der Waals surface area contributed by atoms with Gasteiger partial charge in [-0.1, -0.05) is 344 Å². The molecule has 0 N–H and O–H groups in total. The molecule has 2 atom stereocenters. The van der Waals surface area contributed by atoms with Crippen LogP contribution in [0.5, 0.6) is 0 Å². The summed E-state index contributed by atoms with van der Waals surface area (Å²) in [6.07, 6.45) is 92.0. The molecule has 0 bridgehead atoms. The molecule has 0 aromatic carbocycles. The van der Waals surface area contributed by atoms with Gasteiger partial charge >= 0.3 is 11.9 Å². The number of quaternary nitrogens is 1. The third-order valence-electron chi connectivity index (χ3n) is 17.0. The molecule has 0 rings (SSSR count). The van der Waals surface area contributed by atoms with Crippen molar-refractivity contribution in [3.63, 3.8) is 0 Å². The van der Waals surface area contributed by atoms with E-state index in [2.05, 4.69) is 74.6 Å². The number of likely N-dealkylation sites (N-methyl/N-ethyl adjacent to an activating group) is 1. The minimum atomic E-state index is -4.64. The van der Waals surface area contributed by atoms with Crippen LogP contribution in [-0.2, 0) is 32.7 Å². The molecule has 0 aromatic rings. The molecule has 0 saturated carbocycles. The van der Waals surface area contributed by atoms with Gasteiger partial charge in [0.25, 0.3) is 7.82 Å². The molecule has 0 spiro atoms. The van der Waals surface area contributed by atoms with Gasteiger partial charge in [-0.15, -0.1) is 0 Å². The summed E-state index contributed by atoms with van der Waals surface area (Å²) in [5, 5.41) is 0. The van der Waals surface area contributed by atoms with Crippen LogP contribution in [0, 0.1) is 0 Å². The summed E-state index contributed by atoms with van der Waals surface area (Å²) in [5.41, 5.74) is 0. The number of unbranched alkanes of at least 4 members (excludes halogenated alkanes) is 47. The van der Waals surface area contributed by atoms with Gasteiger partial charge in [-0.2, -0.15) is 0 Å². The van der Waals surface area contributed by atoms with Crippen LogP contribution >= 0.6 is 7.82 Å². The average molecular weight is 1260 g/mol. The second kappa shape index (κ2) is 69.1. The Morgan fingerprint density at radius 2 is 0.648 bits per heavy atom. The molecule has 0 heterocycles. The molecule has 10 heteroatoms. The minimum absolute atomic E-state index is 0.0286. The Morgan fingerprint density at radius 3 is 0.977 bits per heavy atom. The number of hydrogen-bond donors (Lipinski definition) is 0. The maximum Gasteiger partial charge on any atom is 0.306 e. The largest absolute Gasteiger partial charge is 0.756 e. The molecule has 516 valence electrons. The number of hydrogen-bond acceptors (Lipinski definition) is 8. The predicted octanol–water partition coefficient (Wildman–Crippen LogP) is 24.3. The fraction of sp³-hybridized carbons (Fsp3) is 0.846. The number of rotatable bonds is 71. The van der Waals surface area contributed by atoms with Crippen molar-refractivity contribution in [2.75, 3.05) is 47.5 Å². The van der Waals surface area contributed by atoms with E-state index in [1.807, 2.05) is 21.1 Å². The van der Waals surface area contributed by atoms with E-state index in [0.29, 0.717) is 17.4 Å². The first-order valence-electron chi connectivity index (χ1n) is 38.0. The fourth-order valence-corrected chi connectivity index (χ4v) is 12.0. The van der Waals surface area contributed by atoms with E-state index in [9.17, 15) is 19.0 Å². The lowest BCUT2D eigenvalue weighted by Gasteiger charge is -2.28. The van der Waals surface area contributed by atoms with Gasteiger partial charge in [0.2, 0.25) is 0 Å². The summed E-state index contributed by atoms with van der Waals surface area (Å²) in [7, 11) is 1.18. The zero-order valence-corrected chi connectivity index (χ0v) is 59.8. The van der Waals surface area contributed by atoms with Crippen LogP contribution in [-0.4, -0.2) is 70.0 Å². The van der Waals surface area contributed by atoms with Crippen LogP contribution in [0.4, 0.5) is 0 Å².